The monoisotopic (exact) mass is 280 g/mol. The number of nitrogens with zero attached hydrogens (tertiary/aromatic N) is 2. The summed E-state index contributed by atoms with van der Waals surface area (Å²) in [6, 6.07) is 7.76. The van der Waals surface area contributed by atoms with Crippen LogP contribution >= 0.6 is 0 Å². The molecule has 0 aliphatic rings. The Morgan fingerprint density at radius 1 is 1.37 bits per heavy atom. The first-order valence-electron chi connectivity index (χ1n) is 5.76. The third kappa shape index (κ3) is 3.63. The van der Waals surface area contributed by atoms with Crippen molar-refractivity contribution < 1.29 is 13.2 Å². The second kappa shape index (κ2) is 5.95. The van der Waals surface area contributed by atoms with Gasteiger partial charge in [0.1, 0.15) is 0 Å². The molecule has 1 rings (SSSR count). The minimum atomic E-state index is -3.62. The van der Waals surface area contributed by atoms with Crippen molar-refractivity contribution in [3.05, 3.63) is 29.8 Å². The number of Topliss-reactive ketones (excluding diaryl/α,β-unsaturated/α-hetero) is 1. The maximum atomic E-state index is 12.2. The van der Waals surface area contributed by atoms with Crippen LogP contribution in [0.1, 0.15) is 24.2 Å². The van der Waals surface area contributed by atoms with Crippen LogP contribution in [0.25, 0.3) is 0 Å². The fourth-order valence-corrected chi connectivity index (χ4v) is 2.83. The van der Waals surface area contributed by atoms with Crippen molar-refractivity contribution in [1.82, 2.24) is 4.31 Å². The van der Waals surface area contributed by atoms with Crippen LogP contribution in [-0.4, -0.2) is 32.1 Å². The molecular formula is C13H16N2O3S. The first-order valence-corrected chi connectivity index (χ1v) is 7.20. The normalized spacial score (nSPS) is 13.0. The molecule has 0 aromatic heterocycles. The van der Waals surface area contributed by atoms with Gasteiger partial charge < -0.3 is 0 Å². The van der Waals surface area contributed by atoms with Crippen molar-refractivity contribution in [2.24, 2.45) is 5.92 Å². The molecule has 0 amide bonds. The Balaban J connectivity index is 3.00. The number of nitriles is 1. The summed E-state index contributed by atoms with van der Waals surface area (Å²) >= 11 is 0. The second-order valence-corrected chi connectivity index (χ2v) is 6.44. The average molecular weight is 280 g/mol. The zero-order valence-corrected chi connectivity index (χ0v) is 11.9. The summed E-state index contributed by atoms with van der Waals surface area (Å²) in [6.45, 7) is 3.21. The van der Waals surface area contributed by atoms with Gasteiger partial charge in [0.25, 0.3) is 0 Å². The minimum Gasteiger partial charge on any atom is -0.295 e. The molecule has 0 N–H and O–H groups in total. The van der Waals surface area contributed by atoms with Crippen LogP contribution in [-0.2, 0) is 10.0 Å². The lowest BCUT2D eigenvalue weighted by molar-refractivity contribution is 0.101. The van der Waals surface area contributed by atoms with Gasteiger partial charge in [-0.1, -0.05) is 12.1 Å². The SMILES string of the molecule is CC(=O)c1ccc(S(=O)(=O)N(C)CC(C)C#N)cc1. The molecule has 102 valence electrons. The Morgan fingerprint density at radius 3 is 2.32 bits per heavy atom. The van der Waals surface area contributed by atoms with Gasteiger partial charge in [0.05, 0.1) is 16.9 Å². The average Bonchev–Trinajstić information content (AvgIpc) is 2.38. The summed E-state index contributed by atoms with van der Waals surface area (Å²) in [5.74, 6) is -0.494. The molecule has 5 nitrogen and oxygen atoms in total. The molecule has 0 fully saturated rings. The summed E-state index contributed by atoms with van der Waals surface area (Å²) in [6.07, 6.45) is 0. The number of ketones is 1. The van der Waals surface area contributed by atoms with E-state index in [1.165, 1.54) is 38.2 Å². The highest BCUT2D eigenvalue weighted by atomic mass is 32.2. The van der Waals surface area contributed by atoms with E-state index in [0.29, 0.717) is 5.56 Å². The van der Waals surface area contributed by atoms with Gasteiger partial charge in [-0.3, -0.25) is 4.79 Å². The quantitative estimate of drug-likeness (QED) is 0.769. The van der Waals surface area contributed by atoms with E-state index in [1.54, 1.807) is 6.92 Å². The standard InChI is InChI=1S/C13H16N2O3S/c1-10(8-14)9-15(3)19(17,18)13-6-4-12(5-7-13)11(2)16/h4-7,10H,9H2,1-3H3. The number of benzene rings is 1. The van der Waals surface area contributed by atoms with E-state index < -0.39 is 10.0 Å². The third-order valence-electron chi connectivity index (χ3n) is 2.72. The van der Waals surface area contributed by atoms with Gasteiger partial charge in [0, 0.05) is 19.2 Å². The van der Waals surface area contributed by atoms with Crippen molar-refractivity contribution in [1.29, 1.82) is 5.26 Å². The van der Waals surface area contributed by atoms with E-state index in [9.17, 15) is 13.2 Å². The highest BCUT2D eigenvalue weighted by Crippen LogP contribution is 2.16. The van der Waals surface area contributed by atoms with E-state index in [1.807, 2.05) is 6.07 Å². The molecule has 19 heavy (non-hydrogen) atoms. The van der Waals surface area contributed by atoms with E-state index >= 15 is 0 Å². The van der Waals surface area contributed by atoms with Crippen molar-refractivity contribution in [3.8, 4) is 6.07 Å². The summed E-state index contributed by atoms with van der Waals surface area (Å²) in [5, 5.41) is 8.71. The predicted molar refractivity (Wildman–Crippen MR) is 71.0 cm³/mol. The molecule has 0 aliphatic heterocycles. The van der Waals surface area contributed by atoms with Gasteiger partial charge >= 0.3 is 0 Å². The smallest absolute Gasteiger partial charge is 0.242 e. The van der Waals surface area contributed by atoms with Crippen LogP contribution < -0.4 is 0 Å². The van der Waals surface area contributed by atoms with Crippen LogP contribution in [0.5, 0.6) is 0 Å². The molecule has 0 bridgehead atoms. The molecule has 1 unspecified atom stereocenters. The molecule has 0 spiro atoms. The van der Waals surface area contributed by atoms with Gasteiger partial charge in [0.2, 0.25) is 10.0 Å². The van der Waals surface area contributed by atoms with Crippen molar-refractivity contribution in [3.63, 3.8) is 0 Å². The van der Waals surface area contributed by atoms with Crippen molar-refractivity contribution in [2.45, 2.75) is 18.7 Å². The van der Waals surface area contributed by atoms with E-state index in [0.717, 1.165) is 4.31 Å². The van der Waals surface area contributed by atoms with Crippen LogP contribution in [0.3, 0.4) is 0 Å². The maximum Gasteiger partial charge on any atom is 0.242 e. The van der Waals surface area contributed by atoms with Crippen LogP contribution in [0, 0.1) is 17.2 Å². The number of sulfonamides is 1. The zero-order valence-electron chi connectivity index (χ0n) is 11.1. The maximum absolute atomic E-state index is 12.2. The van der Waals surface area contributed by atoms with Crippen LogP contribution in [0.4, 0.5) is 0 Å². The molecule has 0 aliphatic carbocycles. The largest absolute Gasteiger partial charge is 0.295 e. The predicted octanol–water partition coefficient (Wildman–Crippen LogP) is 1.67. The Bertz CT molecular complexity index is 600. The van der Waals surface area contributed by atoms with Gasteiger partial charge in [-0.05, 0) is 26.0 Å². The molecule has 0 radical (unpaired) electrons. The lowest BCUT2D eigenvalue weighted by Crippen LogP contribution is -2.30. The highest BCUT2D eigenvalue weighted by molar-refractivity contribution is 7.89. The first kappa shape index (κ1) is 15.3. The Morgan fingerprint density at radius 2 is 1.89 bits per heavy atom. The molecule has 6 heteroatoms. The fraction of sp³-hybridized carbons (Fsp3) is 0.385. The summed E-state index contributed by atoms with van der Waals surface area (Å²) in [7, 11) is -2.18. The second-order valence-electron chi connectivity index (χ2n) is 4.40. The lowest BCUT2D eigenvalue weighted by atomic mass is 10.2. The Hall–Kier alpha value is -1.71. The number of carbonyl (C=O) groups is 1. The Kier molecular flexibility index (Phi) is 4.81. The molecule has 0 heterocycles. The van der Waals surface area contributed by atoms with Crippen molar-refractivity contribution in [2.75, 3.05) is 13.6 Å². The van der Waals surface area contributed by atoms with Gasteiger partial charge in [-0.25, -0.2) is 8.42 Å². The number of hydrogen-bond donors (Lipinski definition) is 0. The van der Waals surface area contributed by atoms with E-state index in [2.05, 4.69) is 0 Å². The lowest BCUT2D eigenvalue weighted by Gasteiger charge is -2.18. The van der Waals surface area contributed by atoms with Crippen LogP contribution in [0.15, 0.2) is 29.2 Å². The van der Waals surface area contributed by atoms with Gasteiger partial charge in [-0.15, -0.1) is 0 Å². The first-order chi connectivity index (χ1) is 8.78. The van der Waals surface area contributed by atoms with E-state index in [-0.39, 0.29) is 23.1 Å². The number of rotatable bonds is 5. The highest BCUT2D eigenvalue weighted by Gasteiger charge is 2.22. The van der Waals surface area contributed by atoms with Crippen LogP contribution in [0.2, 0.25) is 0 Å². The summed E-state index contributed by atoms with van der Waals surface area (Å²) in [5.41, 5.74) is 0.465. The third-order valence-corrected chi connectivity index (χ3v) is 4.56. The number of hydrogen-bond acceptors (Lipinski definition) is 4. The molecule has 1 aromatic carbocycles. The topological polar surface area (TPSA) is 78.2 Å². The molecule has 0 saturated carbocycles. The molecule has 1 atom stereocenters. The van der Waals surface area contributed by atoms with Gasteiger partial charge in [-0.2, -0.15) is 9.57 Å². The van der Waals surface area contributed by atoms with Crippen molar-refractivity contribution >= 4 is 15.8 Å². The fourth-order valence-electron chi connectivity index (χ4n) is 1.57. The zero-order chi connectivity index (χ0) is 14.6. The van der Waals surface area contributed by atoms with Gasteiger partial charge in [0.15, 0.2) is 5.78 Å². The van der Waals surface area contributed by atoms with E-state index in [4.69, 9.17) is 5.26 Å². The summed E-state index contributed by atoms with van der Waals surface area (Å²) in [4.78, 5) is 11.2. The Labute approximate surface area is 113 Å². The molecule has 0 saturated heterocycles. The minimum absolute atomic E-state index is 0.115. The summed E-state index contributed by atoms with van der Waals surface area (Å²) < 4.78 is 25.5. The molecular weight excluding hydrogens is 264 g/mol. The molecule has 1 aromatic rings. The number of carbonyl (C=O) groups excluding carboxylic acids is 1.